The van der Waals surface area contributed by atoms with Crippen LogP contribution < -0.4 is 5.32 Å². The summed E-state index contributed by atoms with van der Waals surface area (Å²) >= 11 is 0. The Morgan fingerprint density at radius 3 is 2.86 bits per heavy atom. The van der Waals surface area contributed by atoms with Crippen LogP contribution in [0.4, 0.5) is 5.69 Å². The molecule has 0 amide bonds. The van der Waals surface area contributed by atoms with E-state index in [9.17, 15) is 0 Å². The summed E-state index contributed by atoms with van der Waals surface area (Å²) in [6.45, 7) is 3.49. The van der Waals surface area contributed by atoms with Gasteiger partial charge in [-0.3, -0.25) is 0 Å². The largest absolute Gasteiger partial charge is 0.464 e. The number of anilines is 1. The molecule has 0 fully saturated rings. The van der Waals surface area contributed by atoms with Crippen molar-refractivity contribution in [3.8, 4) is 0 Å². The van der Waals surface area contributed by atoms with E-state index in [0.717, 1.165) is 30.2 Å². The molecule has 0 aliphatic rings. The quantitative estimate of drug-likeness (QED) is 0.755. The Kier molecular flexibility index (Phi) is 4.00. The van der Waals surface area contributed by atoms with Crippen molar-refractivity contribution >= 4 is 5.69 Å². The van der Waals surface area contributed by atoms with E-state index in [1.54, 1.807) is 17.3 Å². The van der Waals surface area contributed by atoms with Crippen molar-refractivity contribution in [3.05, 3.63) is 66.1 Å². The zero-order valence-electron chi connectivity index (χ0n) is 12.0. The first-order valence-corrected chi connectivity index (χ1v) is 7.06. The zero-order chi connectivity index (χ0) is 14.5. The minimum Gasteiger partial charge on any atom is -0.464 e. The number of aryl methyl sites for hydroxylation is 1. The summed E-state index contributed by atoms with van der Waals surface area (Å²) in [5.74, 6) is 1.97. The normalized spacial score (nSPS) is 10.7. The van der Waals surface area contributed by atoms with E-state index in [1.807, 2.05) is 18.2 Å². The standard InChI is InChI=1S/C16H18N4O/c1-2-15-6-7-16(21-15)9-18-14-5-3-4-13(8-14)10-20-12-17-11-19-20/h3-8,11-12,18H,2,9-10H2,1H3. The summed E-state index contributed by atoms with van der Waals surface area (Å²) in [4.78, 5) is 3.95. The lowest BCUT2D eigenvalue weighted by molar-refractivity contribution is 0.476. The van der Waals surface area contributed by atoms with Crippen LogP contribution in [0, 0.1) is 0 Å². The van der Waals surface area contributed by atoms with Crippen molar-refractivity contribution in [2.45, 2.75) is 26.4 Å². The van der Waals surface area contributed by atoms with Crippen molar-refractivity contribution < 1.29 is 4.42 Å². The zero-order valence-corrected chi connectivity index (χ0v) is 12.0. The summed E-state index contributed by atoms with van der Waals surface area (Å²) < 4.78 is 7.49. The van der Waals surface area contributed by atoms with Gasteiger partial charge in [-0.1, -0.05) is 19.1 Å². The molecular weight excluding hydrogens is 264 g/mol. The van der Waals surface area contributed by atoms with Gasteiger partial charge in [0.1, 0.15) is 24.2 Å². The summed E-state index contributed by atoms with van der Waals surface area (Å²) in [7, 11) is 0. The van der Waals surface area contributed by atoms with Gasteiger partial charge in [0.15, 0.2) is 0 Å². The topological polar surface area (TPSA) is 55.9 Å². The first-order chi connectivity index (χ1) is 10.3. The van der Waals surface area contributed by atoms with Gasteiger partial charge in [-0.2, -0.15) is 5.10 Å². The third kappa shape index (κ3) is 3.51. The highest BCUT2D eigenvalue weighted by molar-refractivity contribution is 5.45. The van der Waals surface area contributed by atoms with E-state index in [4.69, 9.17) is 4.42 Å². The maximum absolute atomic E-state index is 5.69. The number of nitrogens with one attached hydrogen (secondary N) is 1. The smallest absolute Gasteiger partial charge is 0.137 e. The molecule has 0 spiro atoms. The number of furan rings is 1. The molecule has 1 aromatic carbocycles. The van der Waals surface area contributed by atoms with E-state index in [-0.39, 0.29) is 0 Å². The molecule has 5 nitrogen and oxygen atoms in total. The molecule has 0 radical (unpaired) electrons. The number of nitrogens with zero attached hydrogens (tertiary/aromatic N) is 3. The average molecular weight is 282 g/mol. The number of hydrogen-bond donors (Lipinski definition) is 1. The molecule has 108 valence electrons. The van der Waals surface area contributed by atoms with Crippen LogP contribution in [0.5, 0.6) is 0 Å². The predicted octanol–water partition coefficient (Wildman–Crippen LogP) is 3.09. The maximum Gasteiger partial charge on any atom is 0.137 e. The first-order valence-electron chi connectivity index (χ1n) is 7.06. The Hall–Kier alpha value is -2.56. The van der Waals surface area contributed by atoms with Crippen LogP contribution in [0.1, 0.15) is 24.0 Å². The lowest BCUT2D eigenvalue weighted by Crippen LogP contribution is -2.02. The van der Waals surface area contributed by atoms with Crippen LogP contribution >= 0.6 is 0 Å². The second-order valence-electron chi connectivity index (χ2n) is 4.87. The predicted molar refractivity (Wildman–Crippen MR) is 81.0 cm³/mol. The second-order valence-corrected chi connectivity index (χ2v) is 4.87. The fraction of sp³-hybridized carbons (Fsp3) is 0.250. The number of rotatable bonds is 6. The molecule has 0 saturated heterocycles. The Morgan fingerprint density at radius 1 is 1.19 bits per heavy atom. The molecular formula is C16H18N4O. The molecule has 0 saturated carbocycles. The minimum absolute atomic E-state index is 0.687. The molecule has 5 heteroatoms. The second kappa shape index (κ2) is 6.26. The summed E-state index contributed by atoms with van der Waals surface area (Å²) in [6, 6.07) is 12.3. The van der Waals surface area contributed by atoms with E-state index < -0.39 is 0 Å². The molecule has 2 aromatic heterocycles. The molecule has 0 unspecified atom stereocenters. The number of benzene rings is 1. The molecule has 0 aliphatic heterocycles. The third-order valence-corrected chi connectivity index (χ3v) is 3.27. The highest BCUT2D eigenvalue weighted by Crippen LogP contribution is 2.14. The van der Waals surface area contributed by atoms with Gasteiger partial charge in [0.2, 0.25) is 0 Å². The van der Waals surface area contributed by atoms with Gasteiger partial charge in [0, 0.05) is 12.1 Å². The van der Waals surface area contributed by atoms with Gasteiger partial charge >= 0.3 is 0 Å². The van der Waals surface area contributed by atoms with Crippen LogP contribution in [0.25, 0.3) is 0 Å². The molecule has 21 heavy (non-hydrogen) atoms. The van der Waals surface area contributed by atoms with E-state index in [1.165, 1.54) is 5.56 Å². The fourth-order valence-electron chi connectivity index (χ4n) is 2.18. The Bertz CT molecular complexity index is 688. The fourth-order valence-corrected chi connectivity index (χ4v) is 2.18. The number of aromatic nitrogens is 3. The molecule has 1 N–H and O–H groups in total. The van der Waals surface area contributed by atoms with Gasteiger partial charge in [-0.05, 0) is 29.8 Å². The van der Waals surface area contributed by atoms with E-state index >= 15 is 0 Å². The average Bonchev–Trinajstić information content (AvgIpc) is 3.17. The van der Waals surface area contributed by atoms with Gasteiger partial charge in [-0.15, -0.1) is 0 Å². The van der Waals surface area contributed by atoms with E-state index in [2.05, 4.69) is 40.5 Å². The van der Waals surface area contributed by atoms with E-state index in [0.29, 0.717) is 6.54 Å². The summed E-state index contributed by atoms with van der Waals surface area (Å²) in [6.07, 6.45) is 4.19. The van der Waals surface area contributed by atoms with Gasteiger partial charge in [0.25, 0.3) is 0 Å². The SMILES string of the molecule is CCc1ccc(CNc2cccc(Cn3cncn3)c2)o1. The maximum atomic E-state index is 5.69. The van der Waals surface area contributed by atoms with Crippen molar-refractivity contribution in [3.63, 3.8) is 0 Å². The Labute approximate surface area is 123 Å². The van der Waals surface area contributed by atoms with Crippen LogP contribution in [0.15, 0.2) is 53.5 Å². The Balaban J connectivity index is 1.63. The molecule has 0 atom stereocenters. The van der Waals surface area contributed by atoms with Crippen molar-refractivity contribution in [1.82, 2.24) is 14.8 Å². The summed E-state index contributed by atoms with van der Waals surface area (Å²) in [5, 5.41) is 7.50. The molecule has 3 rings (SSSR count). The molecule has 3 aromatic rings. The third-order valence-electron chi connectivity index (χ3n) is 3.27. The Morgan fingerprint density at radius 2 is 2.10 bits per heavy atom. The molecule has 0 bridgehead atoms. The van der Waals surface area contributed by atoms with Crippen molar-refractivity contribution in [2.75, 3.05) is 5.32 Å². The minimum atomic E-state index is 0.687. The first kappa shape index (κ1) is 13.4. The highest BCUT2D eigenvalue weighted by atomic mass is 16.3. The monoisotopic (exact) mass is 282 g/mol. The van der Waals surface area contributed by atoms with Crippen LogP contribution in [-0.2, 0) is 19.5 Å². The van der Waals surface area contributed by atoms with Crippen LogP contribution in [0.2, 0.25) is 0 Å². The van der Waals surface area contributed by atoms with Gasteiger partial charge in [0.05, 0.1) is 13.1 Å². The lowest BCUT2D eigenvalue weighted by atomic mass is 10.2. The van der Waals surface area contributed by atoms with Crippen molar-refractivity contribution in [2.24, 2.45) is 0 Å². The number of hydrogen-bond acceptors (Lipinski definition) is 4. The van der Waals surface area contributed by atoms with Crippen LogP contribution in [0.3, 0.4) is 0 Å². The lowest BCUT2D eigenvalue weighted by Gasteiger charge is -2.07. The molecule has 0 aliphatic carbocycles. The van der Waals surface area contributed by atoms with Gasteiger partial charge < -0.3 is 9.73 Å². The highest BCUT2D eigenvalue weighted by Gasteiger charge is 2.02. The van der Waals surface area contributed by atoms with Crippen molar-refractivity contribution in [1.29, 1.82) is 0 Å². The summed E-state index contributed by atoms with van der Waals surface area (Å²) in [5.41, 5.74) is 2.25. The van der Waals surface area contributed by atoms with Gasteiger partial charge in [-0.25, -0.2) is 9.67 Å². The molecule has 2 heterocycles. The van der Waals surface area contributed by atoms with Crippen LogP contribution in [-0.4, -0.2) is 14.8 Å².